The summed E-state index contributed by atoms with van der Waals surface area (Å²) in [7, 11) is -3.63. The average Bonchev–Trinajstić information content (AvgIpc) is 3.16. The molecule has 0 unspecified atom stereocenters. The van der Waals surface area contributed by atoms with Crippen LogP contribution in [0, 0.1) is 0 Å². The molecular formula is C18H16ClN3O3S2. The van der Waals surface area contributed by atoms with Crippen molar-refractivity contribution in [2.75, 3.05) is 10.6 Å². The van der Waals surface area contributed by atoms with E-state index in [0.29, 0.717) is 21.6 Å². The van der Waals surface area contributed by atoms with Crippen molar-refractivity contribution in [1.82, 2.24) is 4.72 Å². The first kappa shape index (κ1) is 19.4. The second-order valence-corrected chi connectivity index (χ2v) is 8.13. The van der Waals surface area contributed by atoms with Crippen molar-refractivity contribution in [1.29, 1.82) is 0 Å². The second kappa shape index (κ2) is 8.53. The molecule has 0 spiro atoms. The molecule has 0 saturated carbocycles. The lowest BCUT2D eigenvalue weighted by Gasteiger charge is -2.11. The molecule has 0 fully saturated rings. The SMILES string of the molecule is O=S(=O)(NCc1ccco1)c1ccc(NC(=S)Nc2ccc(Cl)cc2)cc1. The third kappa shape index (κ3) is 5.54. The zero-order valence-corrected chi connectivity index (χ0v) is 16.4. The van der Waals surface area contributed by atoms with Gasteiger partial charge >= 0.3 is 0 Å². The lowest BCUT2D eigenvalue weighted by atomic mass is 10.3. The van der Waals surface area contributed by atoms with Gasteiger partial charge in [0, 0.05) is 16.4 Å². The number of halogens is 1. The molecule has 6 nitrogen and oxygen atoms in total. The lowest BCUT2D eigenvalue weighted by Crippen LogP contribution is -2.23. The smallest absolute Gasteiger partial charge is 0.240 e. The summed E-state index contributed by atoms with van der Waals surface area (Å²) >= 11 is 11.1. The summed E-state index contributed by atoms with van der Waals surface area (Å²) in [5.74, 6) is 0.537. The van der Waals surface area contributed by atoms with Gasteiger partial charge in [-0.15, -0.1) is 0 Å². The van der Waals surface area contributed by atoms with Crippen LogP contribution < -0.4 is 15.4 Å². The van der Waals surface area contributed by atoms with Gasteiger partial charge in [-0.3, -0.25) is 0 Å². The molecule has 1 heterocycles. The van der Waals surface area contributed by atoms with E-state index < -0.39 is 10.0 Å². The Morgan fingerprint density at radius 2 is 1.56 bits per heavy atom. The maximum absolute atomic E-state index is 12.3. The average molecular weight is 422 g/mol. The molecule has 0 aliphatic heterocycles. The number of nitrogens with one attached hydrogen (secondary N) is 3. The number of anilines is 2. The highest BCUT2D eigenvalue weighted by Crippen LogP contribution is 2.16. The molecule has 0 amide bonds. The first-order valence-electron chi connectivity index (χ1n) is 7.88. The van der Waals surface area contributed by atoms with Crippen molar-refractivity contribution in [3.8, 4) is 0 Å². The predicted octanol–water partition coefficient (Wildman–Crippen LogP) is 4.22. The molecule has 1 aromatic heterocycles. The third-order valence-corrected chi connectivity index (χ3v) is 5.41. The Hall–Kier alpha value is -2.39. The fraction of sp³-hybridized carbons (Fsp3) is 0.0556. The number of hydrogen-bond donors (Lipinski definition) is 3. The van der Waals surface area contributed by atoms with Gasteiger partial charge in [0.2, 0.25) is 10.0 Å². The minimum Gasteiger partial charge on any atom is -0.468 e. The minimum atomic E-state index is -3.63. The predicted molar refractivity (Wildman–Crippen MR) is 110 cm³/mol. The van der Waals surface area contributed by atoms with Gasteiger partial charge in [0.25, 0.3) is 0 Å². The second-order valence-electron chi connectivity index (χ2n) is 5.51. The van der Waals surface area contributed by atoms with E-state index in [0.717, 1.165) is 5.69 Å². The molecule has 0 saturated heterocycles. The van der Waals surface area contributed by atoms with Gasteiger partial charge in [-0.1, -0.05) is 11.6 Å². The quantitative estimate of drug-likeness (QED) is 0.517. The highest BCUT2D eigenvalue weighted by Gasteiger charge is 2.14. The molecule has 0 bridgehead atoms. The van der Waals surface area contributed by atoms with Crippen LogP contribution in [-0.2, 0) is 16.6 Å². The zero-order valence-electron chi connectivity index (χ0n) is 14.0. The number of sulfonamides is 1. The van der Waals surface area contributed by atoms with Crippen molar-refractivity contribution in [3.63, 3.8) is 0 Å². The summed E-state index contributed by atoms with van der Waals surface area (Å²) in [6.07, 6.45) is 1.49. The summed E-state index contributed by atoms with van der Waals surface area (Å²) in [6, 6.07) is 16.8. The van der Waals surface area contributed by atoms with E-state index in [9.17, 15) is 8.42 Å². The van der Waals surface area contributed by atoms with Gasteiger partial charge in [-0.25, -0.2) is 13.1 Å². The van der Waals surface area contributed by atoms with Gasteiger partial charge in [0.15, 0.2) is 5.11 Å². The fourth-order valence-electron chi connectivity index (χ4n) is 2.21. The van der Waals surface area contributed by atoms with E-state index in [2.05, 4.69) is 15.4 Å². The zero-order chi connectivity index (χ0) is 19.3. The Kier molecular flexibility index (Phi) is 6.12. The fourth-order valence-corrected chi connectivity index (χ4v) is 3.56. The summed E-state index contributed by atoms with van der Waals surface area (Å²) in [6.45, 7) is 0.0877. The van der Waals surface area contributed by atoms with E-state index in [4.69, 9.17) is 28.2 Å². The molecular weight excluding hydrogens is 406 g/mol. The van der Waals surface area contributed by atoms with Crippen molar-refractivity contribution < 1.29 is 12.8 Å². The maximum Gasteiger partial charge on any atom is 0.240 e. The first-order chi connectivity index (χ1) is 12.9. The van der Waals surface area contributed by atoms with E-state index in [1.165, 1.54) is 18.4 Å². The van der Waals surface area contributed by atoms with Crippen molar-refractivity contribution in [2.45, 2.75) is 11.4 Å². The van der Waals surface area contributed by atoms with Crippen LogP contribution in [0.2, 0.25) is 5.02 Å². The Balaban J connectivity index is 1.59. The molecule has 0 atom stereocenters. The van der Waals surface area contributed by atoms with Gasteiger partial charge in [0.05, 0.1) is 17.7 Å². The van der Waals surface area contributed by atoms with E-state index in [1.807, 2.05) is 0 Å². The van der Waals surface area contributed by atoms with Crippen LogP contribution in [0.1, 0.15) is 5.76 Å². The number of thiocarbonyl (C=S) groups is 1. The monoisotopic (exact) mass is 421 g/mol. The van der Waals surface area contributed by atoms with Gasteiger partial charge in [-0.05, 0) is 72.9 Å². The first-order valence-corrected chi connectivity index (χ1v) is 10.1. The van der Waals surface area contributed by atoms with Crippen LogP contribution in [0.15, 0.2) is 76.2 Å². The minimum absolute atomic E-state index is 0.0877. The number of furan rings is 1. The largest absolute Gasteiger partial charge is 0.468 e. The van der Waals surface area contributed by atoms with Gasteiger partial charge in [0.1, 0.15) is 5.76 Å². The molecule has 3 aromatic rings. The van der Waals surface area contributed by atoms with E-state index in [1.54, 1.807) is 48.5 Å². The van der Waals surface area contributed by atoms with Crippen LogP contribution in [0.25, 0.3) is 0 Å². The molecule has 140 valence electrons. The molecule has 0 aliphatic carbocycles. The number of rotatable bonds is 6. The molecule has 0 radical (unpaired) electrons. The topological polar surface area (TPSA) is 83.4 Å². The third-order valence-electron chi connectivity index (χ3n) is 3.54. The summed E-state index contributed by atoms with van der Waals surface area (Å²) in [5, 5.41) is 7.03. The summed E-state index contributed by atoms with van der Waals surface area (Å²) in [4.78, 5) is 0.149. The Morgan fingerprint density at radius 3 is 2.11 bits per heavy atom. The summed E-state index contributed by atoms with van der Waals surface area (Å²) < 4.78 is 32.2. The molecule has 27 heavy (non-hydrogen) atoms. The standard InChI is InChI=1S/C18H16ClN3O3S2/c19-13-3-5-14(6-4-13)21-18(26)22-15-7-9-17(10-8-15)27(23,24)20-12-16-2-1-11-25-16/h1-11,20H,12H2,(H2,21,22,26). The normalized spacial score (nSPS) is 11.1. The van der Waals surface area contributed by atoms with Crippen molar-refractivity contribution in [2.24, 2.45) is 0 Å². The van der Waals surface area contributed by atoms with Crippen LogP contribution in [-0.4, -0.2) is 13.5 Å². The van der Waals surface area contributed by atoms with Crippen LogP contribution in [0.4, 0.5) is 11.4 Å². The molecule has 3 N–H and O–H groups in total. The van der Waals surface area contributed by atoms with Gasteiger partial charge < -0.3 is 15.1 Å². The summed E-state index contributed by atoms with van der Waals surface area (Å²) in [5.41, 5.74) is 1.45. The van der Waals surface area contributed by atoms with Crippen molar-refractivity contribution >= 4 is 50.3 Å². The van der Waals surface area contributed by atoms with Crippen molar-refractivity contribution in [3.05, 3.63) is 77.7 Å². The number of benzene rings is 2. The highest BCUT2D eigenvalue weighted by molar-refractivity contribution is 7.89. The Morgan fingerprint density at radius 1 is 0.963 bits per heavy atom. The maximum atomic E-state index is 12.3. The Bertz CT molecular complexity index is 1000. The molecule has 2 aromatic carbocycles. The van der Waals surface area contributed by atoms with Gasteiger partial charge in [-0.2, -0.15) is 0 Å². The Labute approximate surface area is 167 Å². The molecule has 0 aliphatic rings. The van der Waals surface area contributed by atoms with Crippen LogP contribution >= 0.6 is 23.8 Å². The number of hydrogen-bond acceptors (Lipinski definition) is 4. The van der Waals surface area contributed by atoms with E-state index in [-0.39, 0.29) is 11.4 Å². The van der Waals surface area contributed by atoms with E-state index >= 15 is 0 Å². The lowest BCUT2D eigenvalue weighted by molar-refractivity contribution is 0.498. The van der Waals surface area contributed by atoms with Crippen LogP contribution in [0.3, 0.4) is 0 Å². The highest BCUT2D eigenvalue weighted by atomic mass is 35.5. The molecule has 9 heteroatoms. The molecule has 3 rings (SSSR count). The van der Waals surface area contributed by atoms with Crippen LogP contribution in [0.5, 0.6) is 0 Å².